The molecule has 2 bridgehead atoms. The lowest BCUT2D eigenvalue weighted by molar-refractivity contribution is -0.124. The summed E-state index contributed by atoms with van der Waals surface area (Å²) in [6.45, 7) is 0. The average molecular weight is 270 g/mol. The summed E-state index contributed by atoms with van der Waals surface area (Å²) in [5, 5.41) is -0.400. The van der Waals surface area contributed by atoms with Gasteiger partial charge in [-0.1, -0.05) is 25.7 Å². The molecule has 1 saturated carbocycles. The van der Waals surface area contributed by atoms with Crippen molar-refractivity contribution in [1.29, 1.82) is 0 Å². The number of carbonyl (C=O) groups excluding carboxylic acids is 1. The maximum Gasteiger partial charge on any atom is 0.156 e. The van der Waals surface area contributed by atoms with Gasteiger partial charge >= 0.3 is 0 Å². The van der Waals surface area contributed by atoms with E-state index in [1.54, 1.807) is 0 Å². The Morgan fingerprint density at radius 2 is 1.50 bits per heavy atom. The molecule has 2 aliphatic heterocycles. The summed E-state index contributed by atoms with van der Waals surface area (Å²) in [4.78, 5) is 12.3. The van der Waals surface area contributed by atoms with Crippen LogP contribution < -0.4 is 0 Å². The zero-order valence-corrected chi connectivity index (χ0v) is 11.6. The third kappa shape index (κ3) is 2.13. The van der Waals surface area contributed by atoms with Gasteiger partial charge in [-0.05, 0) is 31.6 Å². The summed E-state index contributed by atoms with van der Waals surface area (Å²) in [6, 6.07) is 0. The van der Waals surface area contributed by atoms with Crippen LogP contribution in [-0.4, -0.2) is 24.7 Å². The van der Waals surface area contributed by atoms with Crippen LogP contribution in [0.4, 0.5) is 0 Å². The van der Waals surface area contributed by atoms with Crippen molar-refractivity contribution >= 4 is 15.6 Å². The molecule has 3 rings (SSSR count). The fourth-order valence-electron chi connectivity index (χ4n) is 4.14. The van der Waals surface area contributed by atoms with Gasteiger partial charge in [-0.25, -0.2) is 8.42 Å². The van der Waals surface area contributed by atoms with Crippen LogP contribution in [0.1, 0.15) is 57.8 Å². The van der Waals surface area contributed by atoms with Crippen molar-refractivity contribution in [3.05, 3.63) is 0 Å². The highest BCUT2D eigenvalue weighted by molar-refractivity contribution is 7.93. The fraction of sp³-hybridized carbons (Fsp3) is 0.929. The first-order chi connectivity index (χ1) is 8.57. The molecule has 18 heavy (non-hydrogen) atoms. The van der Waals surface area contributed by atoms with Crippen molar-refractivity contribution in [2.75, 3.05) is 0 Å². The van der Waals surface area contributed by atoms with Crippen molar-refractivity contribution in [2.24, 2.45) is 11.8 Å². The lowest BCUT2D eigenvalue weighted by atomic mass is 9.88. The zero-order valence-electron chi connectivity index (χ0n) is 10.8. The standard InChI is InChI=1S/C14H22O3S/c15-14(7-10-3-1-2-4-10)11-8-12-5-6-13(9-11)18(12,16)17/h10-13H,1-9H2. The number of hydrogen-bond donors (Lipinski definition) is 0. The quantitative estimate of drug-likeness (QED) is 0.791. The molecule has 4 heteroatoms. The summed E-state index contributed by atoms with van der Waals surface area (Å²) in [6.07, 6.45) is 8.46. The Balaban J connectivity index is 1.63. The third-order valence-corrected chi connectivity index (χ3v) is 7.97. The lowest BCUT2D eigenvalue weighted by Gasteiger charge is -2.27. The topological polar surface area (TPSA) is 51.2 Å². The van der Waals surface area contributed by atoms with Crippen LogP contribution in [0.5, 0.6) is 0 Å². The molecule has 0 aromatic heterocycles. The Kier molecular flexibility index (Phi) is 3.25. The van der Waals surface area contributed by atoms with Crippen LogP contribution in [-0.2, 0) is 14.6 Å². The largest absolute Gasteiger partial charge is 0.299 e. The molecule has 3 aliphatic rings. The fourth-order valence-corrected chi connectivity index (χ4v) is 6.61. The van der Waals surface area contributed by atoms with E-state index < -0.39 is 9.84 Å². The second-order valence-electron chi connectivity index (χ2n) is 6.40. The highest BCUT2D eigenvalue weighted by Gasteiger charge is 2.48. The maximum absolute atomic E-state index is 12.3. The van der Waals surface area contributed by atoms with Crippen LogP contribution >= 0.6 is 0 Å². The molecule has 102 valence electrons. The van der Waals surface area contributed by atoms with E-state index in [1.807, 2.05) is 0 Å². The first-order valence-electron chi connectivity index (χ1n) is 7.33. The van der Waals surface area contributed by atoms with Gasteiger partial charge < -0.3 is 0 Å². The molecule has 3 fully saturated rings. The molecule has 0 radical (unpaired) electrons. The number of fused-ring (bicyclic) bond motifs is 2. The molecule has 2 saturated heterocycles. The van der Waals surface area contributed by atoms with E-state index in [1.165, 1.54) is 25.7 Å². The van der Waals surface area contributed by atoms with Gasteiger partial charge in [0.25, 0.3) is 0 Å². The Morgan fingerprint density at radius 3 is 2.06 bits per heavy atom. The van der Waals surface area contributed by atoms with Crippen LogP contribution in [0.2, 0.25) is 0 Å². The van der Waals surface area contributed by atoms with Crippen molar-refractivity contribution < 1.29 is 13.2 Å². The first-order valence-corrected chi connectivity index (χ1v) is 8.93. The second-order valence-corrected chi connectivity index (χ2v) is 8.91. The van der Waals surface area contributed by atoms with Crippen LogP contribution in [0, 0.1) is 11.8 Å². The average Bonchev–Trinajstić information content (AvgIpc) is 2.82. The summed E-state index contributed by atoms with van der Waals surface area (Å²) in [5.41, 5.74) is 0. The maximum atomic E-state index is 12.3. The number of hydrogen-bond acceptors (Lipinski definition) is 3. The van der Waals surface area contributed by atoms with Crippen molar-refractivity contribution in [3.63, 3.8) is 0 Å². The van der Waals surface area contributed by atoms with Crippen LogP contribution in [0.15, 0.2) is 0 Å². The van der Waals surface area contributed by atoms with Crippen molar-refractivity contribution in [2.45, 2.75) is 68.3 Å². The molecule has 0 aromatic rings. The molecule has 0 aromatic carbocycles. The van der Waals surface area contributed by atoms with Gasteiger partial charge in [-0.2, -0.15) is 0 Å². The molecule has 2 atom stereocenters. The third-order valence-electron chi connectivity index (χ3n) is 5.25. The van der Waals surface area contributed by atoms with Crippen molar-refractivity contribution in [1.82, 2.24) is 0 Å². The summed E-state index contributed by atoms with van der Waals surface area (Å²) < 4.78 is 24.0. The molecular weight excluding hydrogens is 248 g/mol. The van der Waals surface area contributed by atoms with E-state index in [0.717, 1.165) is 12.8 Å². The van der Waals surface area contributed by atoms with E-state index in [2.05, 4.69) is 0 Å². The van der Waals surface area contributed by atoms with E-state index in [-0.39, 0.29) is 16.4 Å². The van der Waals surface area contributed by atoms with Gasteiger partial charge in [0.1, 0.15) is 5.78 Å². The minimum atomic E-state index is -2.87. The van der Waals surface area contributed by atoms with Crippen molar-refractivity contribution in [3.8, 4) is 0 Å². The van der Waals surface area contributed by atoms with E-state index in [0.29, 0.717) is 31.0 Å². The lowest BCUT2D eigenvalue weighted by Crippen LogP contribution is -2.36. The molecule has 0 N–H and O–H groups in total. The number of sulfone groups is 1. The summed E-state index contributed by atoms with van der Waals surface area (Å²) in [5.74, 6) is 0.994. The number of carbonyl (C=O) groups is 1. The minimum Gasteiger partial charge on any atom is -0.299 e. The van der Waals surface area contributed by atoms with Gasteiger partial charge in [0, 0.05) is 12.3 Å². The minimum absolute atomic E-state index is 0.0478. The SMILES string of the molecule is O=C(CC1CCCC1)C1CC2CCC(C1)S2(=O)=O. The number of Topliss-reactive ketones (excluding diaryl/α,β-unsaturated/α-hetero) is 1. The molecule has 1 aliphatic carbocycles. The second kappa shape index (κ2) is 4.62. The van der Waals surface area contributed by atoms with E-state index in [9.17, 15) is 13.2 Å². The van der Waals surface area contributed by atoms with Crippen LogP contribution in [0.3, 0.4) is 0 Å². The molecule has 3 nitrogen and oxygen atoms in total. The number of ketones is 1. The zero-order chi connectivity index (χ0) is 12.8. The smallest absolute Gasteiger partial charge is 0.156 e. The Bertz CT molecular complexity index is 414. The first kappa shape index (κ1) is 12.6. The molecule has 0 amide bonds. The highest BCUT2D eigenvalue weighted by atomic mass is 32.2. The molecule has 2 unspecified atom stereocenters. The molecule has 2 heterocycles. The normalized spacial score (nSPS) is 39.0. The van der Waals surface area contributed by atoms with E-state index >= 15 is 0 Å². The predicted octanol–water partition coefficient (Wildman–Crippen LogP) is 2.49. The summed E-state index contributed by atoms with van der Waals surface area (Å²) in [7, 11) is -2.87. The van der Waals surface area contributed by atoms with Crippen LogP contribution in [0.25, 0.3) is 0 Å². The Hall–Kier alpha value is -0.380. The van der Waals surface area contributed by atoms with E-state index in [4.69, 9.17) is 0 Å². The summed E-state index contributed by atoms with van der Waals surface area (Å²) >= 11 is 0. The van der Waals surface area contributed by atoms with Gasteiger partial charge in [0.05, 0.1) is 10.5 Å². The molecular formula is C14H22O3S. The predicted molar refractivity (Wildman–Crippen MR) is 70.0 cm³/mol. The number of rotatable bonds is 3. The Labute approximate surface area is 109 Å². The Morgan fingerprint density at radius 1 is 0.944 bits per heavy atom. The van der Waals surface area contributed by atoms with Gasteiger partial charge in [-0.3, -0.25) is 4.79 Å². The van der Waals surface area contributed by atoms with Gasteiger partial charge in [0.15, 0.2) is 9.84 Å². The monoisotopic (exact) mass is 270 g/mol. The van der Waals surface area contributed by atoms with Gasteiger partial charge in [0.2, 0.25) is 0 Å². The highest BCUT2D eigenvalue weighted by Crippen LogP contribution is 2.42. The van der Waals surface area contributed by atoms with Gasteiger partial charge in [-0.15, -0.1) is 0 Å². The molecule has 0 spiro atoms.